The van der Waals surface area contributed by atoms with E-state index in [1.54, 1.807) is 14.2 Å². The van der Waals surface area contributed by atoms with Crippen molar-refractivity contribution in [3.63, 3.8) is 0 Å². The van der Waals surface area contributed by atoms with E-state index in [4.69, 9.17) is 25.8 Å². The topological polar surface area (TPSA) is 82.6 Å². The molecule has 1 unspecified atom stereocenters. The van der Waals surface area contributed by atoms with Crippen LogP contribution >= 0.6 is 23.3 Å². The molecule has 0 spiro atoms. The summed E-state index contributed by atoms with van der Waals surface area (Å²) >= 11 is 7.50. The molecule has 150 valence electrons. The van der Waals surface area contributed by atoms with E-state index < -0.39 is 0 Å². The summed E-state index contributed by atoms with van der Waals surface area (Å²) in [6.07, 6.45) is 1.86. The van der Waals surface area contributed by atoms with E-state index in [9.17, 15) is 4.79 Å². The van der Waals surface area contributed by atoms with Gasteiger partial charge in [0.2, 0.25) is 0 Å². The van der Waals surface area contributed by atoms with Crippen LogP contribution in [0.4, 0.5) is 0 Å². The lowest BCUT2D eigenvalue weighted by atomic mass is 9.99. The Morgan fingerprint density at radius 2 is 2.17 bits per heavy atom. The van der Waals surface area contributed by atoms with Crippen molar-refractivity contribution in [2.45, 2.75) is 12.5 Å². The number of halogens is 1. The molecular weight excluding hydrogens is 414 g/mol. The minimum absolute atomic E-state index is 0.208. The monoisotopic (exact) mass is 431 g/mol. The Hall–Kier alpha value is -2.84. The van der Waals surface area contributed by atoms with Gasteiger partial charge in [0, 0.05) is 17.5 Å². The van der Waals surface area contributed by atoms with Crippen LogP contribution in [0.3, 0.4) is 0 Å². The molecule has 7 nitrogen and oxygen atoms in total. The summed E-state index contributed by atoms with van der Waals surface area (Å²) in [5.41, 5.74) is 3.07. The summed E-state index contributed by atoms with van der Waals surface area (Å²) in [5.74, 6) is 1.82. The number of amides is 1. The fourth-order valence-corrected chi connectivity index (χ4v) is 3.95. The highest BCUT2D eigenvalue weighted by molar-refractivity contribution is 6.99. The van der Waals surface area contributed by atoms with Gasteiger partial charge in [0.05, 0.1) is 43.7 Å². The second-order valence-corrected chi connectivity index (χ2v) is 7.42. The number of rotatable bonds is 6. The zero-order chi connectivity index (χ0) is 20.4. The van der Waals surface area contributed by atoms with Crippen LogP contribution in [-0.2, 0) is 6.42 Å². The van der Waals surface area contributed by atoms with Gasteiger partial charge in [0.25, 0.3) is 5.91 Å². The molecule has 1 aliphatic heterocycles. The zero-order valence-corrected chi connectivity index (χ0v) is 17.3. The molecule has 3 aromatic rings. The molecule has 1 amide bonds. The molecule has 2 aromatic carbocycles. The maximum absolute atomic E-state index is 12.1. The lowest BCUT2D eigenvalue weighted by Gasteiger charge is -2.13. The third-order valence-corrected chi connectivity index (χ3v) is 5.41. The Bertz CT molecular complexity index is 1040. The standard InChI is InChI=1S/C20H18ClN3O4S/c1-26-13-3-4-18(27-2)15(8-13)11-5-12-6-14(28-19(12)16(21)7-11)9-22-20(25)17-10-23-29-24-17/h3-5,7-8,10,14H,6,9H2,1-2H3,(H,22,25). The van der Waals surface area contributed by atoms with Crippen molar-refractivity contribution in [1.29, 1.82) is 0 Å². The van der Waals surface area contributed by atoms with Crippen LogP contribution in [0, 0.1) is 0 Å². The van der Waals surface area contributed by atoms with Crippen LogP contribution in [0.2, 0.25) is 5.02 Å². The molecule has 1 atom stereocenters. The SMILES string of the molecule is COc1ccc(OC)c(-c2cc(Cl)c3c(c2)CC(CNC(=O)c2cnsn2)O3)c1. The summed E-state index contributed by atoms with van der Waals surface area (Å²) in [6.45, 7) is 0.346. The number of hydrogen-bond donors (Lipinski definition) is 1. The number of fused-ring (bicyclic) bond motifs is 1. The van der Waals surface area contributed by atoms with Crippen LogP contribution < -0.4 is 19.5 Å². The van der Waals surface area contributed by atoms with Gasteiger partial charge in [-0.05, 0) is 35.9 Å². The van der Waals surface area contributed by atoms with Gasteiger partial charge < -0.3 is 19.5 Å². The summed E-state index contributed by atoms with van der Waals surface area (Å²) in [4.78, 5) is 12.1. The van der Waals surface area contributed by atoms with Gasteiger partial charge in [-0.2, -0.15) is 8.75 Å². The number of nitrogens with one attached hydrogen (secondary N) is 1. The highest BCUT2D eigenvalue weighted by Crippen LogP contribution is 2.42. The van der Waals surface area contributed by atoms with E-state index in [1.807, 2.05) is 30.3 Å². The average molecular weight is 432 g/mol. The second kappa shape index (κ2) is 8.26. The van der Waals surface area contributed by atoms with Gasteiger partial charge in [0.15, 0.2) is 5.69 Å². The minimum Gasteiger partial charge on any atom is -0.497 e. The van der Waals surface area contributed by atoms with Gasteiger partial charge >= 0.3 is 0 Å². The Kier molecular flexibility index (Phi) is 5.55. The van der Waals surface area contributed by atoms with Crippen molar-refractivity contribution in [2.75, 3.05) is 20.8 Å². The van der Waals surface area contributed by atoms with Gasteiger partial charge in [-0.1, -0.05) is 11.6 Å². The van der Waals surface area contributed by atoms with Gasteiger partial charge in [-0.3, -0.25) is 4.79 Å². The number of nitrogens with zero attached hydrogens (tertiary/aromatic N) is 2. The van der Waals surface area contributed by atoms with Gasteiger partial charge in [-0.15, -0.1) is 0 Å². The lowest BCUT2D eigenvalue weighted by Crippen LogP contribution is -2.34. The second-order valence-electron chi connectivity index (χ2n) is 6.46. The van der Waals surface area contributed by atoms with Crippen LogP contribution in [0.5, 0.6) is 17.2 Å². The zero-order valence-electron chi connectivity index (χ0n) is 15.8. The summed E-state index contributed by atoms with van der Waals surface area (Å²) in [5, 5.41) is 3.34. The Labute approximate surface area is 176 Å². The normalized spacial score (nSPS) is 14.8. The van der Waals surface area contributed by atoms with Crippen LogP contribution in [-0.4, -0.2) is 41.5 Å². The predicted molar refractivity (Wildman–Crippen MR) is 110 cm³/mol. The Morgan fingerprint density at radius 3 is 2.90 bits per heavy atom. The third kappa shape index (κ3) is 3.99. The van der Waals surface area contributed by atoms with Crippen molar-refractivity contribution in [1.82, 2.24) is 14.1 Å². The molecule has 4 rings (SSSR count). The largest absolute Gasteiger partial charge is 0.497 e. The van der Waals surface area contributed by atoms with Crippen LogP contribution in [0.15, 0.2) is 36.5 Å². The summed E-state index contributed by atoms with van der Waals surface area (Å²) < 4.78 is 24.6. The number of aromatic nitrogens is 2. The molecule has 1 aliphatic rings. The number of ether oxygens (including phenoxy) is 3. The number of hydrogen-bond acceptors (Lipinski definition) is 7. The van der Waals surface area contributed by atoms with Crippen molar-refractivity contribution >= 4 is 29.2 Å². The van der Waals surface area contributed by atoms with E-state index in [2.05, 4.69) is 14.1 Å². The van der Waals surface area contributed by atoms with Crippen LogP contribution in [0.1, 0.15) is 16.1 Å². The van der Waals surface area contributed by atoms with E-state index in [0.29, 0.717) is 29.4 Å². The average Bonchev–Trinajstić information content (AvgIpc) is 3.41. The maximum atomic E-state index is 12.1. The molecule has 9 heteroatoms. The highest BCUT2D eigenvalue weighted by Gasteiger charge is 2.27. The number of carbonyl (C=O) groups is 1. The van der Waals surface area contributed by atoms with Crippen LogP contribution in [0.25, 0.3) is 11.1 Å². The first-order chi connectivity index (χ1) is 14.1. The third-order valence-electron chi connectivity index (χ3n) is 4.65. The quantitative estimate of drug-likeness (QED) is 0.642. The number of methoxy groups -OCH3 is 2. The first-order valence-corrected chi connectivity index (χ1v) is 9.97. The van der Waals surface area contributed by atoms with Gasteiger partial charge in [-0.25, -0.2) is 0 Å². The van der Waals surface area contributed by atoms with E-state index >= 15 is 0 Å². The van der Waals surface area contributed by atoms with Crippen molar-refractivity contribution in [2.24, 2.45) is 0 Å². The van der Waals surface area contributed by atoms with E-state index in [-0.39, 0.29) is 12.0 Å². The molecule has 29 heavy (non-hydrogen) atoms. The minimum atomic E-state index is -0.272. The number of benzene rings is 2. The number of carbonyl (C=O) groups excluding carboxylic acids is 1. The summed E-state index contributed by atoms with van der Waals surface area (Å²) in [6, 6.07) is 9.49. The molecule has 0 saturated carbocycles. The van der Waals surface area contributed by atoms with Crippen molar-refractivity contribution in [3.05, 3.63) is 52.8 Å². The summed E-state index contributed by atoms with van der Waals surface area (Å²) in [7, 11) is 3.25. The Morgan fingerprint density at radius 1 is 1.31 bits per heavy atom. The maximum Gasteiger partial charge on any atom is 0.272 e. The molecule has 2 heterocycles. The first kappa shape index (κ1) is 19.5. The molecule has 0 saturated heterocycles. The highest BCUT2D eigenvalue weighted by atomic mass is 35.5. The predicted octanol–water partition coefficient (Wildman–Crippen LogP) is 3.61. The molecule has 1 N–H and O–H groups in total. The van der Waals surface area contributed by atoms with E-state index in [0.717, 1.165) is 39.9 Å². The molecule has 0 aliphatic carbocycles. The first-order valence-electron chi connectivity index (χ1n) is 8.86. The Balaban J connectivity index is 1.54. The van der Waals surface area contributed by atoms with Crippen molar-refractivity contribution in [3.8, 4) is 28.4 Å². The fourth-order valence-electron chi connectivity index (χ4n) is 3.26. The molecule has 0 fully saturated rings. The smallest absolute Gasteiger partial charge is 0.272 e. The molecule has 0 bridgehead atoms. The molecule has 0 radical (unpaired) electrons. The lowest BCUT2D eigenvalue weighted by molar-refractivity contribution is 0.0929. The van der Waals surface area contributed by atoms with E-state index in [1.165, 1.54) is 6.20 Å². The van der Waals surface area contributed by atoms with Crippen molar-refractivity contribution < 1.29 is 19.0 Å². The van der Waals surface area contributed by atoms with Gasteiger partial charge in [0.1, 0.15) is 23.4 Å². The fraction of sp³-hybridized carbons (Fsp3) is 0.250. The molecular formula is C20H18ClN3O4S. The molecule has 1 aromatic heterocycles.